The van der Waals surface area contributed by atoms with Crippen molar-refractivity contribution in [1.82, 2.24) is 4.90 Å². The van der Waals surface area contributed by atoms with Gasteiger partial charge in [0.05, 0.1) is 0 Å². The molecule has 1 aliphatic carbocycles. The van der Waals surface area contributed by atoms with Crippen molar-refractivity contribution >= 4 is 0 Å². The third kappa shape index (κ3) is 2.43. The zero-order chi connectivity index (χ0) is 11.9. The molecule has 16 heavy (non-hydrogen) atoms. The summed E-state index contributed by atoms with van der Waals surface area (Å²) < 4.78 is 0. The Kier molecular flexibility index (Phi) is 3.33. The maximum Gasteiger partial charge on any atom is 0.0126 e. The lowest BCUT2D eigenvalue weighted by molar-refractivity contribution is 0.190. The second-order valence-corrected chi connectivity index (χ2v) is 7.02. The summed E-state index contributed by atoms with van der Waals surface area (Å²) in [5.41, 5.74) is 6.57. The molecular weight excluding hydrogens is 196 g/mol. The van der Waals surface area contributed by atoms with Gasteiger partial charge in [0.25, 0.3) is 0 Å². The maximum absolute atomic E-state index is 6.02. The first kappa shape index (κ1) is 12.4. The highest BCUT2D eigenvalue weighted by Crippen LogP contribution is 2.44. The molecule has 0 aromatic rings. The van der Waals surface area contributed by atoms with Crippen LogP contribution in [0.3, 0.4) is 0 Å². The van der Waals surface area contributed by atoms with E-state index in [1.165, 1.54) is 32.4 Å². The van der Waals surface area contributed by atoms with Gasteiger partial charge in [-0.2, -0.15) is 0 Å². The third-order valence-corrected chi connectivity index (χ3v) is 4.76. The normalized spacial score (nSPS) is 41.4. The van der Waals surface area contributed by atoms with Gasteiger partial charge >= 0.3 is 0 Å². The quantitative estimate of drug-likeness (QED) is 0.781. The average Bonchev–Trinajstić information content (AvgIpc) is 2.69. The molecule has 1 saturated heterocycles. The van der Waals surface area contributed by atoms with E-state index in [1.807, 2.05) is 0 Å². The van der Waals surface area contributed by atoms with E-state index >= 15 is 0 Å². The molecule has 2 heteroatoms. The summed E-state index contributed by atoms with van der Waals surface area (Å²) in [6.45, 7) is 11.9. The molecule has 0 spiro atoms. The van der Waals surface area contributed by atoms with E-state index in [0.29, 0.717) is 11.5 Å². The lowest BCUT2D eigenvalue weighted by Crippen LogP contribution is -2.37. The highest BCUT2D eigenvalue weighted by molar-refractivity contribution is 4.95. The van der Waals surface area contributed by atoms with Crippen LogP contribution in [0.1, 0.15) is 47.0 Å². The number of hydrogen-bond acceptors (Lipinski definition) is 2. The molecule has 1 aliphatic heterocycles. The zero-order valence-electron chi connectivity index (χ0n) is 11.4. The van der Waals surface area contributed by atoms with E-state index in [2.05, 4.69) is 32.6 Å². The fourth-order valence-corrected chi connectivity index (χ4v) is 3.89. The summed E-state index contributed by atoms with van der Waals surface area (Å²) in [6, 6.07) is 1.19. The molecule has 0 amide bonds. The topological polar surface area (TPSA) is 29.3 Å². The van der Waals surface area contributed by atoms with Crippen molar-refractivity contribution in [2.24, 2.45) is 23.0 Å². The summed E-state index contributed by atoms with van der Waals surface area (Å²) in [5, 5.41) is 0. The Labute approximate surface area is 101 Å². The van der Waals surface area contributed by atoms with Crippen molar-refractivity contribution in [2.75, 3.05) is 13.1 Å². The van der Waals surface area contributed by atoms with E-state index < -0.39 is 0 Å². The Bertz CT molecular complexity index is 247. The standard InChI is InChI=1S/C14H28N2/c1-10-7-14(3,4)8-13(10)16-6-5-12(9-16)11(2)15/h10-13H,5-9,15H2,1-4H3. The van der Waals surface area contributed by atoms with Crippen LogP contribution in [-0.4, -0.2) is 30.1 Å². The van der Waals surface area contributed by atoms with Crippen LogP contribution < -0.4 is 5.73 Å². The molecular formula is C14H28N2. The first-order chi connectivity index (χ1) is 7.39. The molecule has 4 atom stereocenters. The number of hydrogen-bond donors (Lipinski definition) is 1. The van der Waals surface area contributed by atoms with Crippen LogP contribution in [-0.2, 0) is 0 Å². The number of rotatable bonds is 2. The molecule has 4 unspecified atom stereocenters. The lowest BCUT2D eigenvalue weighted by atomic mass is 9.91. The molecule has 2 aliphatic rings. The minimum Gasteiger partial charge on any atom is -0.328 e. The van der Waals surface area contributed by atoms with E-state index in [9.17, 15) is 0 Å². The summed E-state index contributed by atoms with van der Waals surface area (Å²) in [4.78, 5) is 2.72. The molecule has 0 radical (unpaired) electrons. The van der Waals surface area contributed by atoms with Crippen LogP contribution in [0.4, 0.5) is 0 Å². The highest BCUT2D eigenvalue weighted by atomic mass is 15.2. The fraction of sp³-hybridized carbons (Fsp3) is 1.00. The summed E-state index contributed by atoms with van der Waals surface area (Å²) >= 11 is 0. The average molecular weight is 224 g/mol. The summed E-state index contributed by atoms with van der Waals surface area (Å²) in [6.07, 6.45) is 4.07. The predicted octanol–water partition coefficient (Wildman–Crippen LogP) is 2.48. The molecule has 94 valence electrons. The van der Waals surface area contributed by atoms with Crippen LogP contribution >= 0.6 is 0 Å². The van der Waals surface area contributed by atoms with Gasteiger partial charge in [-0.1, -0.05) is 20.8 Å². The summed E-state index contributed by atoms with van der Waals surface area (Å²) in [5.74, 6) is 1.60. The van der Waals surface area contributed by atoms with Gasteiger partial charge in [0, 0.05) is 18.6 Å². The van der Waals surface area contributed by atoms with Crippen molar-refractivity contribution in [3.05, 3.63) is 0 Å². The molecule has 0 aromatic heterocycles. The molecule has 0 bridgehead atoms. The number of likely N-dealkylation sites (tertiary alicyclic amines) is 1. The monoisotopic (exact) mass is 224 g/mol. The van der Waals surface area contributed by atoms with Crippen molar-refractivity contribution in [2.45, 2.75) is 59.0 Å². The SMILES string of the molecule is CC(N)C1CCN(C2CC(C)(C)CC2C)C1. The zero-order valence-corrected chi connectivity index (χ0v) is 11.4. The fourth-order valence-electron chi connectivity index (χ4n) is 3.89. The Hall–Kier alpha value is -0.0800. The molecule has 2 N–H and O–H groups in total. The lowest BCUT2D eigenvalue weighted by Gasteiger charge is -2.28. The van der Waals surface area contributed by atoms with E-state index in [0.717, 1.165) is 17.9 Å². The molecule has 0 aromatic carbocycles. The van der Waals surface area contributed by atoms with E-state index in [-0.39, 0.29) is 0 Å². The van der Waals surface area contributed by atoms with Gasteiger partial charge in [-0.25, -0.2) is 0 Å². The minimum absolute atomic E-state index is 0.370. The van der Waals surface area contributed by atoms with Crippen LogP contribution in [0.2, 0.25) is 0 Å². The Morgan fingerprint density at radius 1 is 1.31 bits per heavy atom. The Morgan fingerprint density at radius 2 is 2.00 bits per heavy atom. The smallest absolute Gasteiger partial charge is 0.0126 e. The van der Waals surface area contributed by atoms with E-state index in [1.54, 1.807) is 0 Å². The maximum atomic E-state index is 6.02. The number of nitrogens with two attached hydrogens (primary N) is 1. The predicted molar refractivity (Wildman–Crippen MR) is 69.3 cm³/mol. The van der Waals surface area contributed by atoms with Gasteiger partial charge < -0.3 is 5.73 Å². The first-order valence-electron chi connectivity index (χ1n) is 6.89. The second kappa shape index (κ2) is 4.30. The van der Waals surface area contributed by atoms with Gasteiger partial charge in [-0.3, -0.25) is 4.90 Å². The van der Waals surface area contributed by atoms with Gasteiger partial charge in [0.1, 0.15) is 0 Å². The second-order valence-electron chi connectivity index (χ2n) is 7.02. The molecule has 1 saturated carbocycles. The Balaban J connectivity index is 1.95. The summed E-state index contributed by atoms with van der Waals surface area (Å²) in [7, 11) is 0. The van der Waals surface area contributed by atoms with Crippen molar-refractivity contribution in [3.8, 4) is 0 Å². The van der Waals surface area contributed by atoms with E-state index in [4.69, 9.17) is 5.73 Å². The van der Waals surface area contributed by atoms with Crippen LogP contribution in [0, 0.1) is 17.3 Å². The van der Waals surface area contributed by atoms with Gasteiger partial charge in [-0.05, 0) is 50.0 Å². The molecule has 1 heterocycles. The van der Waals surface area contributed by atoms with Gasteiger partial charge in [0.2, 0.25) is 0 Å². The van der Waals surface area contributed by atoms with Crippen LogP contribution in [0.5, 0.6) is 0 Å². The highest BCUT2D eigenvalue weighted by Gasteiger charge is 2.41. The first-order valence-corrected chi connectivity index (χ1v) is 6.89. The number of nitrogens with zero attached hydrogens (tertiary/aromatic N) is 1. The van der Waals surface area contributed by atoms with Crippen LogP contribution in [0.25, 0.3) is 0 Å². The minimum atomic E-state index is 0.370. The molecule has 2 fully saturated rings. The van der Waals surface area contributed by atoms with Gasteiger partial charge in [0.15, 0.2) is 0 Å². The largest absolute Gasteiger partial charge is 0.328 e. The van der Waals surface area contributed by atoms with Gasteiger partial charge in [-0.15, -0.1) is 0 Å². The molecule has 2 rings (SSSR count). The third-order valence-electron chi connectivity index (χ3n) is 4.76. The van der Waals surface area contributed by atoms with Crippen LogP contribution in [0.15, 0.2) is 0 Å². The van der Waals surface area contributed by atoms with Crippen molar-refractivity contribution in [1.29, 1.82) is 0 Å². The Morgan fingerprint density at radius 3 is 2.44 bits per heavy atom. The molecule has 2 nitrogen and oxygen atoms in total. The van der Waals surface area contributed by atoms with Crippen molar-refractivity contribution in [3.63, 3.8) is 0 Å². The van der Waals surface area contributed by atoms with Crippen molar-refractivity contribution < 1.29 is 0 Å².